The molecule has 0 aliphatic carbocycles. The van der Waals surface area contributed by atoms with Crippen molar-refractivity contribution in [2.24, 2.45) is 16.9 Å². The molecular weight excluding hydrogens is 244 g/mol. The highest BCUT2D eigenvalue weighted by atomic mass is 16.5. The van der Waals surface area contributed by atoms with Crippen LogP contribution in [0.1, 0.15) is 19.4 Å². The maximum Gasteiger partial charge on any atom is 0.243 e. The van der Waals surface area contributed by atoms with Crippen LogP contribution >= 0.6 is 0 Å². The van der Waals surface area contributed by atoms with E-state index in [-0.39, 0.29) is 17.7 Å². The van der Waals surface area contributed by atoms with Gasteiger partial charge in [0.15, 0.2) is 11.5 Å². The molecule has 1 aliphatic rings. The Bertz CT molecular complexity index is 525. The van der Waals surface area contributed by atoms with Crippen molar-refractivity contribution in [1.82, 2.24) is 5.43 Å². The first-order valence-corrected chi connectivity index (χ1v) is 6.18. The molecule has 2 rings (SSSR count). The summed E-state index contributed by atoms with van der Waals surface area (Å²) in [5.41, 5.74) is 4.34. The van der Waals surface area contributed by atoms with E-state index in [2.05, 4.69) is 10.5 Å². The fourth-order valence-electron chi connectivity index (χ4n) is 2.11. The molecule has 5 nitrogen and oxygen atoms in total. The number of carbonyl (C=O) groups excluding carboxylic acids is 1. The van der Waals surface area contributed by atoms with Crippen LogP contribution in [0.5, 0.6) is 11.5 Å². The van der Waals surface area contributed by atoms with E-state index in [4.69, 9.17) is 9.47 Å². The third-order valence-corrected chi connectivity index (χ3v) is 3.56. The van der Waals surface area contributed by atoms with Crippen LogP contribution in [0, 0.1) is 11.8 Å². The van der Waals surface area contributed by atoms with Gasteiger partial charge in [0.25, 0.3) is 0 Å². The average molecular weight is 262 g/mol. The van der Waals surface area contributed by atoms with Gasteiger partial charge < -0.3 is 9.47 Å². The quantitative estimate of drug-likeness (QED) is 0.903. The van der Waals surface area contributed by atoms with Crippen LogP contribution in [-0.4, -0.2) is 25.8 Å². The Balaban J connectivity index is 2.39. The fourth-order valence-corrected chi connectivity index (χ4v) is 2.11. The topological polar surface area (TPSA) is 59.9 Å². The zero-order valence-corrected chi connectivity index (χ0v) is 11.6. The van der Waals surface area contributed by atoms with Gasteiger partial charge in [-0.3, -0.25) is 4.79 Å². The van der Waals surface area contributed by atoms with Crippen molar-refractivity contribution < 1.29 is 14.3 Å². The molecule has 0 aromatic heterocycles. The highest BCUT2D eigenvalue weighted by Gasteiger charge is 2.29. The van der Waals surface area contributed by atoms with Crippen molar-refractivity contribution in [3.05, 3.63) is 23.8 Å². The molecule has 1 aliphatic heterocycles. The monoisotopic (exact) mass is 262 g/mol. The first kappa shape index (κ1) is 13.4. The zero-order valence-electron chi connectivity index (χ0n) is 11.6. The molecule has 102 valence electrons. The number of methoxy groups -OCH3 is 2. The molecule has 0 fully saturated rings. The molecule has 1 N–H and O–H groups in total. The van der Waals surface area contributed by atoms with Gasteiger partial charge in [0.1, 0.15) is 0 Å². The van der Waals surface area contributed by atoms with Gasteiger partial charge in [0.05, 0.1) is 19.9 Å². The summed E-state index contributed by atoms with van der Waals surface area (Å²) in [5.74, 6) is 1.25. The Morgan fingerprint density at radius 3 is 2.42 bits per heavy atom. The van der Waals surface area contributed by atoms with Crippen molar-refractivity contribution in [3.8, 4) is 11.5 Å². The van der Waals surface area contributed by atoms with Gasteiger partial charge in [-0.1, -0.05) is 13.8 Å². The van der Waals surface area contributed by atoms with E-state index in [0.717, 1.165) is 11.3 Å². The molecule has 19 heavy (non-hydrogen) atoms. The normalized spacial score (nSPS) is 22.5. The highest BCUT2D eigenvalue weighted by Crippen LogP contribution is 2.30. The van der Waals surface area contributed by atoms with Gasteiger partial charge in [-0.15, -0.1) is 0 Å². The molecule has 0 radical (unpaired) electrons. The summed E-state index contributed by atoms with van der Waals surface area (Å²) in [6, 6.07) is 5.63. The number of hydrazone groups is 1. The smallest absolute Gasteiger partial charge is 0.243 e. The number of carbonyl (C=O) groups is 1. The molecular formula is C14H18N2O3. The summed E-state index contributed by atoms with van der Waals surface area (Å²) >= 11 is 0. The largest absolute Gasteiger partial charge is 0.493 e. The van der Waals surface area contributed by atoms with Crippen LogP contribution in [0.3, 0.4) is 0 Å². The van der Waals surface area contributed by atoms with Gasteiger partial charge >= 0.3 is 0 Å². The van der Waals surface area contributed by atoms with Crippen molar-refractivity contribution in [3.63, 3.8) is 0 Å². The van der Waals surface area contributed by atoms with Crippen molar-refractivity contribution in [2.45, 2.75) is 13.8 Å². The van der Waals surface area contributed by atoms with Crippen LogP contribution in [0.2, 0.25) is 0 Å². The first-order chi connectivity index (χ1) is 9.08. The van der Waals surface area contributed by atoms with E-state index in [1.54, 1.807) is 14.2 Å². The Kier molecular flexibility index (Phi) is 3.74. The molecule has 0 spiro atoms. The van der Waals surface area contributed by atoms with E-state index < -0.39 is 0 Å². The second-order valence-corrected chi connectivity index (χ2v) is 4.62. The molecule has 0 saturated heterocycles. The number of nitrogens with zero attached hydrogens (tertiary/aromatic N) is 1. The Morgan fingerprint density at radius 2 is 1.79 bits per heavy atom. The van der Waals surface area contributed by atoms with Gasteiger partial charge in [0, 0.05) is 17.4 Å². The van der Waals surface area contributed by atoms with Crippen LogP contribution in [-0.2, 0) is 4.79 Å². The van der Waals surface area contributed by atoms with Gasteiger partial charge in [0.2, 0.25) is 5.91 Å². The maximum atomic E-state index is 11.5. The zero-order chi connectivity index (χ0) is 14.0. The van der Waals surface area contributed by atoms with Crippen LogP contribution in [0.15, 0.2) is 23.3 Å². The van der Waals surface area contributed by atoms with Gasteiger partial charge in [-0.05, 0) is 18.2 Å². The second kappa shape index (κ2) is 5.30. The SMILES string of the molecule is COc1ccc(C2=NNC(=O)[C@H](C)[C@@H]2C)cc1OC. The Hall–Kier alpha value is -2.04. The lowest BCUT2D eigenvalue weighted by Gasteiger charge is -2.25. The lowest BCUT2D eigenvalue weighted by Crippen LogP contribution is -2.39. The lowest BCUT2D eigenvalue weighted by molar-refractivity contribution is -0.125. The molecule has 2 atom stereocenters. The van der Waals surface area contributed by atoms with Gasteiger partial charge in [-0.25, -0.2) is 5.43 Å². The minimum atomic E-state index is -0.0967. The van der Waals surface area contributed by atoms with E-state index in [1.807, 2.05) is 32.0 Å². The lowest BCUT2D eigenvalue weighted by atomic mass is 9.86. The van der Waals surface area contributed by atoms with Crippen LogP contribution in [0.25, 0.3) is 0 Å². The molecule has 5 heteroatoms. The standard InChI is InChI=1S/C14H18N2O3/c1-8-9(2)14(17)16-15-13(8)10-5-6-11(18-3)12(7-10)19-4/h5-9H,1-4H3,(H,16,17)/t8-,9+/m0/s1. The summed E-state index contributed by atoms with van der Waals surface area (Å²) in [5, 5.41) is 4.16. The summed E-state index contributed by atoms with van der Waals surface area (Å²) in [6.45, 7) is 3.90. The molecule has 1 aromatic carbocycles. The first-order valence-electron chi connectivity index (χ1n) is 6.18. The number of nitrogens with one attached hydrogen (secondary N) is 1. The van der Waals surface area contributed by atoms with E-state index in [0.29, 0.717) is 11.5 Å². The van der Waals surface area contributed by atoms with Crippen molar-refractivity contribution >= 4 is 11.6 Å². The van der Waals surface area contributed by atoms with Crippen LogP contribution < -0.4 is 14.9 Å². The number of hydrogen-bond donors (Lipinski definition) is 1. The second-order valence-electron chi connectivity index (χ2n) is 4.62. The van der Waals surface area contributed by atoms with Crippen molar-refractivity contribution in [2.75, 3.05) is 14.2 Å². The fraction of sp³-hybridized carbons (Fsp3) is 0.429. The summed E-state index contributed by atoms with van der Waals surface area (Å²) in [4.78, 5) is 11.5. The Morgan fingerprint density at radius 1 is 1.11 bits per heavy atom. The highest BCUT2D eigenvalue weighted by molar-refractivity contribution is 6.06. The predicted octanol–water partition coefficient (Wildman–Crippen LogP) is 1.81. The van der Waals surface area contributed by atoms with Gasteiger partial charge in [-0.2, -0.15) is 5.10 Å². The molecule has 1 aromatic rings. The number of hydrogen-bond acceptors (Lipinski definition) is 4. The maximum absolute atomic E-state index is 11.5. The number of amides is 1. The third kappa shape index (κ3) is 2.41. The van der Waals surface area contributed by atoms with Crippen molar-refractivity contribution in [1.29, 1.82) is 0 Å². The molecule has 0 saturated carbocycles. The summed E-state index contributed by atoms with van der Waals surface area (Å²) in [7, 11) is 3.19. The molecule has 1 heterocycles. The van der Waals surface area contributed by atoms with E-state index >= 15 is 0 Å². The number of rotatable bonds is 3. The van der Waals surface area contributed by atoms with E-state index in [1.165, 1.54) is 0 Å². The molecule has 1 amide bonds. The van der Waals surface area contributed by atoms with E-state index in [9.17, 15) is 4.79 Å². The Labute approximate surface area is 112 Å². The predicted molar refractivity (Wildman–Crippen MR) is 72.6 cm³/mol. The summed E-state index contributed by atoms with van der Waals surface area (Å²) in [6.07, 6.45) is 0. The minimum absolute atomic E-state index is 0.0447. The number of benzene rings is 1. The third-order valence-electron chi connectivity index (χ3n) is 3.56. The van der Waals surface area contributed by atoms with Crippen LogP contribution in [0.4, 0.5) is 0 Å². The molecule has 0 unspecified atom stereocenters. The molecule has 0 bridgehead atoms. The number of ether oxygens (including phenoxy) is 2. The average Bonchev–Trinajstić information content (AvgIpc) is 2.44. The summed E-state index contributed by atoms with van der Waals surface area (Å²) < 4.78 is 10.5. The minimum Gasteiger partial charge on any atom is -0.493 e.